The molecule has 2 heterocycles. The molecular formula is C26H20N4O. The fourth-order valence-electron chi connectivity index (χ4n) is 3.60. The number of carbonyl (C=O) groups excluding carboxylic acids is 1. The van der Waals surface area contributed by atoms with Crippen molar-refractivity contribution in [2.75, 3.05) is 5.32 Å². The number of nitrogens with zero attached hydrogens (tertiary/aromatic N) is 3. The highest BCUT2D eigenvalue weighted by molar-refractivity contribution is 6.04. The second-order valence-corrected chi connectivity index (χ2v) is 7.49. The van der Waals surface area contributed by atoms with Gasteiger partial charge in [0.25, 0.3) is 5.91 Å². The molecule has 0 spiro atoms. The highest BCUT2D eigenvalue weighted by atomic mass is 16.1. The predicted molar refractivity (Wildman–Crippen MR) is 123 cm³/mol. The van der Waals surface area contributed by atoms with Gasteiger partial charge in [-0.3, -0.25) is 9.78 Å². The SMILES string of the molecule is Cc1cncc(NC(=O)c2cccc(-n3cc(-c4ccc5ccccc5c4)cn3)c2)c1. The summed E-state index contributed by atoms with van der Waals surface area (Å²) >= 11 is 0. The first kappa shape index (κ1) is 18.8. The molecule has 0 unspecified atom stereocenters. The topological polar surface area (TPSA) is 59.8 Å². The van der Waals surface area contributed by atoms with E-state index in [0.29, 0.717) is 11.3 Å². The summed E-state index contributed by atoms with van der Waals surface area (Å²) in [4.78, 5) is 16.8. The lowest BCUT2D eigenvalue weighted by Gasteiger charge is -2.07. The number of benzene rings is 3. The summed E-state index contributed by atoms with van der Waals surface area (Å²) in [6.07, 6.45) is 7.21. The van der Waals surface area contributed by atoms with Gasteiger partial charge in [-0.15, -0.1) is 0 Å². The number of nitrogens with one attached hydrogen (secondary N) is 1. The van der Waals surface area contributed by atoms with E-state index < -0.39 is 0 Å². The number of rotatable bonds is 4. The van der Waals surface area contributed by atoms with Gasteiger partial charge >= 0.3 is 0 Å². The van der Waals surface area contributed by atoms with E-state index in [2.05, 4.69) is 45.7 Å². The van der Waals surface area contributed by atoms with Crippen molar-refractivity contribution < 1.29 is 4.79 Å². The van der Waals surface area contributed by atoms with Crippen LogP contribution in [0.4, 0.5) is 5.69 Å². The maximum Gasteiger partial charge on any atom is 0.255 e. The summed E-state index contributed by atoms with van der Waals surface area (Å²) < 4.78 is 1.79. The molecule has 1 N–H and O–H groups in total. The zero-order chi connectivity index (χ0) is 21.2. The molecule has 150 valence electrons. The van der Waals surface area contributed by atoms with Gasteiger partial charge in [-0.25, -0.2) is 4.68 Å². The van der Waals surface area contributed by atoms with Crippen LogP contribution in [0.1, 0.15) is 15.9 Å². The van der Waals surface area contributed by atoms with Crippen molar-refractivity contribution in [2.45, 2.75) is 6.92 Å². The van der Waals surface area contributed by atoms with Crippen LogP contribution in [-0.2, 0) is 0 Å². The molecule has 0 bridgehead atoms. The molecule has 5 nitrogen and oxygen atoms in total. The van der Waals surface area contributed by atoms with Crippen LogP contribution in [-0.4, -0.2) is 20.7 Å². The minimum atomic E-state index is -0.184. The Balaban J connectivity index is 1.41. The summed E-state index contributed by atoms with van der Waals surface area (Å²) in [5.74, 6) is -0.184. The molecule has 5 heteroatoms. The number of fused-ring (bicyclic) bond motifs is 1. The van der Waals surface area contributed by atoms with Gasteiger partial charge in [0, 0.05) is 23.5 Å². The molecule has 31 heavy (non-hydrogen) atoms. The number of amides is 1. The average molecular weight is 404 g/mol. The Labute approximate surface area is 180 Å². The molecule has 0 radical (unpaired) electrons. The van der Waals surface area contributed by atoms with Crippen LogP contribution in [0, 0.1) is 6.92 Å². The van der Waals surface area contributed by atoms with Crippen LogP contribution in [0.25, 0.3) is 27.6 Å². The van der Waals surface area contributed by atoms with Crippen molar-refractivity contribution in [3.63, 3.8) is 0 Å². The van der Waals surface area contributed by atoms with Gasteiger partial charge in [0.2, 0.25) is 0 Å². The fraction of sp³-hybridized carbons (Fsp3) is 0.0385. The number of anilines is 1. The zero-order valence-corrected chi connectivity index (χ0v) is 17.0. The molecule has 3 aromatic carbocycles. The average Bonchev–Trinajstić information content (AvgIpc) is 3.29. The minimum absolute atomic E-state index is 0.184. The molecule has 0 aliphatic carbocycles. The van der Waals surface area contributed by atoms with Crippen LogP contribution in [0.15, 0.2) is 97.6 Å². The molecule has 0 saturated carbocycles. The van der Waals surface area contributed by atoms with Crippen LogP contribution >= 0.6 is 0 Å². The van der Waals surface area contributed by atoms with Gasteiger partial charge in [-0.05, 0) is 59.2 Å². The summed E-state index contributed by atoms with van der Waals surface area (Å²) in [5, 5.41) is 9.81. The van der Waals surface area contributed by atoms with E-state index in [-0.39, 0.29) is 5.91 Å². The molecule has 0 atom stereocenters. The molecule has 0 aliphatic heterocycles. The van der Waals surface area contributed by atoms with E-state index in [0.717, 1.165) is 22.4 Å². The first-order valence-corrected chi connectivity index (χ1v) is 10.0. The van der Waals surface area contributed by atoms with E-state index in [1.54, 1.807) is 23.1 Å². The molecule has 5 rings (SSSR count). The quantitative estimate of drug-likeness (QED) is 0.421. The lowest BCUT2D eigenvalue weighted by Crippen LogP contribution is -2.12. The normalized spacial score (nSPS) is 10.9. The number of pyridine rings is 1. The third-order valence-corrected chi connectivity index (χ3v) is 5.17. The Hall–Kier alpha value is -4.25. The Kier molecular flexibility index (Phi) is 4.77. The number of carbonyl (C=O) groups is 1. The van der Waals surface area contributed by atoms with Crippen molar-refractivity contribution in [2.24, 2.45) is 0 Å². The third kappa shape index (κ3) is 3.94. The Bertz CT molecular complexity index is 1400. The zero-order valence-electron chi connectivity index (χ0n) is 17.0. The third-order valence-electron chi connectivity index (χ3n) is 5.17. The maximum atomic E-state index is 12.7. The van der Waals surface area contributed by atoms with Gasteiger partial charge in [0.15, 0.2) is 0 Å². The number of hydrogen-bond acceptors (Lipinski definition) is 3. The lowest BCUT2D eigenvalue weighted by atomic mass is 10.0. The van der Waals surface area contributed by atoms with Gasteiger partial charge < -0.3 is 5.32 Å². The highest BCUT2D eigenvalue weighted by Crippen LogP contribution is 2.25. The van der Waals surface area contributed by atoms with Crippen LogP contribution < -0.4 is 5.32 Å². The number of aromatic nitrogens is 3. The summed E-state index contributed by atoms with van der Waals surface area (Å²) in [7, 11) is 0. The van der Waals surface area contributed by atoms with Crippen molar-refractivity contribution in [3.8, 4) is 16.8 Å². The Morgan fingerprint density at radius 1 is 0.839 bits per heavy atom. The van der Waals surface area contributed by atoms with E-state index in [4.69, 9.17) is 0 Å². The lowest BCUT2D eigenvalue weighted by molar-refractivity contribution is 0.102. The van der Waals surface area contributed by atoms with E-state index in [1.165, 1.54) is 10.8 Å². The number of hydrogen-bond donors (Lipinski definition) is 1. The van der Waals surface area contributed by atoms with Crippen LogP contribution in [0.5, 0.6) is 0 Å². The molecule has 0 fully saturated rings. The predicted octanol–water partition coefficient (Wildman–Crippen LogP) is 5.65. The molecule has 5 aromatic rings. The highest BCUT2D eigenvalue weighted by Gasteiger charge is 2.10. The summed E-state index contributed by atoms with van der Waals surface area (Å²) in [6.45, 7) is 1.94. The minimum Gasteiger partial charge on any atom is -0.321 e. The van der Waals surface area contributed by atoms with Gasteiger partial charge in [0.05, 0.1) is 23.8 Å². The van der Waals surface area contributed by atoms with Crippen molar-refractivity contribution >= 4 is 22.4 Å². The van der Waals surface area contributed by atoms with Crippen LogP contribution in [0.3, 0.4) is 0 Å². The first-order chi connectivity index (χ1) is 15.2. The van der Waals surface area contributed by atoms with Gasteiger partial charge in [-0.1, -0.05) is 42.5 Å². The fourth-order valence-corrected chi connectivity index (χ4v) is 3.60. The Morgan fingerprint density at radius 2 is 1.71 bits per heavy atom. The van der Waals surface area contributed by atoms with E-state index in [9.17, 15) is 4.79 Å². The molecule has 0 aliphatic rings. The van der Waals surface area contributed by atoms with Crippen molar-refractivity contribution in [3.05, 3.63) is 109 Å². The molecule has 0 saturated heterocycles. The second kappa shape index (κ2) is 7.88. The molecule has 2 aromatic heterocycles. The van der Waals surface area contributed by atoms with Gasteiger partial charge in [0.1, 0.15) is 0 Å². The smallest absolute Gasteiger partial charge is 0.255 e. The van der Waals surface area contributed by atoms with E-state index >= 15 is 0 Å². The van der Waals surface area contributed by atoms with Crippen molar-refractivity contribution in [1.29, 1.82) is 0 Å². The van der Waals surface area contributed by atoms with Crippen LogP contribution in [0.2, 0.25) is 0 Å². The molecular weight excluding hydrogens is 384 g/mol. The summed E-state index contributed by atoms with van der Waals surface area (Å²) in [6, 6.07) is 24.0. The summed E-state index contributed by atoms with van der Waals surface area (Å²) in [5.41, 5.74) is 5.17. The van der Waals surface area contributed by atoms with E-state index in [1.807, 2.05) is 55.7 Å². The van der Waals surface area contributed by atoms with Gasteiger partial charge in [-0.2, -0.15) is 5.10 Å². The first-order valence-electron chi connectivity index (χ1n) is 10.0. The maximum absolute atomic E-state index is 12.7. The van der Waals surface area contributed by atoms with Crippen molar-refractivity contribution in [1.82, 2.24) is 14.8 Å². The Morgan fingerprint density at radius 3 is 2.58 bits per heavy atom. The largest absolute Gasteiger partial charge is 0.321 e. The number of aryl methyl sites for hydroxylation is 1. The standard InChI is InChI=1S/C26H20N4O/c1-18-11-24(16-27-14-18)29-26(31)22-7-4-8-25(13-22)30-17-23(15-28-30)21-10-9-19-5-2-3-6-20(19)12-21/h2-17H,1H3,(H,29,31). The second-order valence-electron chi connectivity index (χ2n) is 7.49. The monoisotopic (exact) mass is 404 g/mol. The molecule has 1 amide bonds.